The molecule has 0 atom stereocenters. The van der Waals surface area contributed by atoms with Crippen LogP contribution in [-0.4, -0.2) is 0 Å². The van der Waals surface area contributed by atoms with Crippen molar-refractivity contribution in [2.24, 2.45) is 0 Å². The highest BCUT2D eigenvalue weighted by Crippen LogP contribution is 2.53. The fourth-order valence-corrected chi connectivity index (χ4v) is 4.94. The maximum Gasteiger partial charge on any atom is 0.0397 e. The molecule has 0 aromatic heterocycles. The summed E-state index contributed by atoms with van der Waals surface area (Å²) < 4.78 is 1.09. The number of halogens is 1. The van der Waals surface area contributed by atoms with Gasteiger partial charge in [-0.15, -0.1) is 0 Å². The minimum Gasteiger partial charge on any atom is -0.398 e. The summed E-state index contributed by atoms with van der Waals surface area (Å²) >= 11 is 3.51. The molecule has 0 radical (unpaired) electrons. The van der Waals surface area contributed by atoms with Crippen LogP contribution < -0.4 is 5.73 Å². The molecule has 0 aliphatic heterocycles. The summed E-state index contributed by atoms with van der Waals surface area (Å²) in [7, 11) is 0. The van der Waals surface area contributed by atoms with Crippen LogP contribution >= 0.6 is 15.9 Å². The number of nitrogen functional groups attached to an aromatic ring is 1. The van der Waals surface area contributed by atoms with E-state index >= 15 is 0 Å². The fourth-order valence-electron chi connectivity index (χ4n) is 4.67. The topological polar surface area (TPSA) is 26.0 Å². The molecule has 5 rings (SSSR count). The summed E-state index contributed by atoms with van der Waals surface area (Å²) in [6.45, 7) is 4.60. The summed E-state index contributed by atoms with van der Waals surface area (Å²) in [5.74, 6) is 0. The van der Waals surface area contributed by atoms with Gasteiger partial charge in [-0.2, -0.15) is 0 Å². The molecule has 29 heavy (non-hydrogen) atoms. The Kier molecular flexibility index (Phi) is 4.15. The quantitative estimate of drug-likeness (QED) is 0.318. The highest BCUT2D eigenvalue weighted by Gasteiger charge is 2.38. The molecule has 1 aliphatic rings. The summed E-state index contributed by atoms with van der Waals surface area (Å²) in [5.41, 5.74) is 17.3. The standard InChI is InChI=1S/C27H22BrN/c1-27(2)23-6-4-3-5-21(23)22-15-16-24(29)25(26(22)27)19-9-7-17(8-10-19)18-11-13-20(28)14-12-18/h3-16H,29H2,1-2H3. The molecule has 0 unspecified atom stereocenters. The van der Waals surface area contributed by atoms with Gasteiger partial charge in [-0.05, 0) is 57.1 Å². The Labute approximate surface area is 180 Å². The van der Waals surface area contributed by atoms with Crippen LogP contribution in [0.5, 0.6) is 0 Å². The van der Waals surface area contributed by atoms with Crippen molar-refractivity contribution >= 4 is 21.6 Å². The van der Waals surface area contributed by atoms with Gasteiger partial charge in [0.15, 0.2) is 0 Å². The maximum atomic E-state index is 6.54. The van der Waals surface area contributed by atoms with Gasteiger partial charge in [0.25, 0.3) is 0 Å². The van der Waals surface area contributed by atoms with E-state index in [0.717, 1.165) is 15.7 Å². The predicted octanol–water partition coefficient (Wildman–Crippen LogP) is 7.67. The lowest BCUT2D eigenvalue weighted by molar-refractivity contribution is 0.662. The lowest BCUT2D eigenvalue weighted by atomic mass is 9.78. The molecular formula is C27H22BrN. The summed E-state index contributed by atoms with van der Waals surface area (Å²) in [6.07, 6.45) is 0. The Morgan fingerprint density at radius 3 is 1.93 bits per heavy atom. The zero-order valence-corrected chi connectivity index (χ0v) is 18.1. The lowest BCUT2D eigenvalue weighted by Gasteiger charge is -2.25. The number of rotatable bonds is 2. The SMILES string of the molecule is CC1(C)c2ccccc2-c2ccc(N)c(-c3ccc(-c4ccc(Br)cc4)cc3)c21. The third-order valence-corrected chi connectivity index (χ3v) is 6.63. The number of hydrogen-bond donors (Lipinski definition) is 1. The molecule has 0 amide bonds. The molecule has 0 fully saturated rings. The van der Waals surface area contributed by atoms with Crippen molar-refractivity contribution in [3.63, 3.8) is 0 Å². The average molecular weight is 440 g/mol. The molecule has 4 aromatic carbocycles. The van der Waals surface area contributed by atoms with Gasteiger partial charge < -0.3 is 5.73 Å². The van der Waals surface area contributed by atoms with Gasteiger partial charge in [0.05, 0.1) is 0 Å². The predicted molar refractivity (Wildman–Crippen MR) is 127 cm³/mol. The van der Waals surface area contributed by atoms with Gasteiger partial charge in [0, 0.05) is 21.1 Å². The van der Waals surface area contributed by atoms with E-state index in [4.69, 9.17) is 5.73 Å². The van der Waals surface area contributed by atoms with Crippen molar-refractivity contribution in [2.45, 2.75) is 19.3 Å². The van der Waals surface area contributed by atoms with Gasteiger partial charge in [-0.1, -0.05) is 96.5 Å². The Morgan fingerprint density at radius 1 is 0.655 bits per heavy atom. The maximum absolute atomic E-state index is 6.54. The first-order chi connectivity index (χ1) is 14.0. The molecule has 2 heteroatoms. The first-order valence-corrected chi connectivity index (χ1v) is 10.7. The average Bonchev–Trinajstić information content (AvgIpc) is 2.96. The molecule has 2 N–H and O–H groups in total. The molecule has 0 bridgehead atoms. The van der Waals surface area contributed by atoms with Crippen molar-refractivity contribution in [1.29, 1.82) is 0 Å². The lowest BCUT2D eigenvalue weighted by Crippen LogP contribution is -2.17. The molecule has 0 heterocycles. The number of hydrogen-bond acceptors (Lipinski definition) is 1. The molecule has 1 nitrogen and oxygen atoms in total. The first kappa shape index (κ1) is 18.2. The summed E-state index contributed by atoms with van der Waals surface area (Å²) in [5, 5.41) is 0. The van der Waals surface area contributed by atoms with Crippen LogP contribution in [0.3, 0.4) is 0 Å². The first-order valence-electron chi connectivity index (χ1n) is 9.86. The zero-order chi connectivity index (χ0) is 20.2. The van der Waals surface area contributed by atoms with Crippen LogP contribution in [0.4, 0.5) is 5.69 Å². The molecule has 1 aliphatic carbocycles. The van der Waals surface area contributed by atoms with Crippen molar-refractivity contribution in [3.05, 3.63) is 101 Å². The minimum atomic E-state index is -0.0823. The Hall–Kier alpha value is -2.84. The number of benzene rings is 4. The number of fused-ring (bicyclic) bond motifs is 3. The van der Waals surface area contributed by atoms with Crippen LogP contribution in [0.25, 0.3) is 33.4 Å². The molecular weight excluding hydrogens is 418 g/mol. The second kappa shape index (κ2) is 6.60. The van der Waals surface area contributed by atoms with E-state index < -0.39 is 0 Å². The van der Waals surface area contributed by atoms with Crippen LogP contribution in [-0.2, 0) is 5.41 Å². The molecule has 142 valence electrons. The number of anilines is 1. The van der Waals surface area contributed by atoms with Crippen molar-refractivity contribution < 1.29 is 0 Å². The van der Waals surface area contributed by atoms with Gasteiger partial charge >= 0.3 is 0 Å². The highest BCUT2D eigenvalue weighted by atomic mass is 79.9. The fraction of sp³-hybridized carbons (Fsp3) is 0.111. The van der Waals surface area contributed by atoms with E-state index in [2.05, 4.69) is 115 Å². The van der Waals surface area contributed by atoms with Gasteiger partial charge in [-0.25, -0.2) is 0 Å². The van der Waals surface area contributed by atoms with Gasteiger partial charge in [-0.3, -0.25) is 0 Å². The normalized spacial score (nSPS) is 13.8. The van der Waals surface area contributed by atoms with E-state index in [9.17, 15) is 0 Å². The number of nitrogens with two attached hydrogens (primary N) is 1. The Bertz CT molecular complexity index is 1220. The van der Waals surface area contributed by atoms with Crippen LogP contribution in [0.2, 0.25) is 0 Å². The molecule has 0 saturated carbocycles. The van der Waals surface area contributed by atoms with Gasteiger partial charge in [0.2, 0.25) is 0 Å². The second-order valence-corrected chi connectivity index (χ2v) is 9.12. The van der Waals surface area contributed by atoms with E-state index in [1.807, 2.05) is 0 Å². The Balaban J connectivity index is 1.66. The van der Waals surface area contributed by atoms with E-state index in [1.54, 1.807) is 0 Å². The molecule has 0 saturated heterocycles. The van der Waals surface area contributed by atoms with Crippen molar-refractivity contribution in [2.75, 3.05) is 5.73 Å². The van der Waals surface area contributed by atoms with Crippen molar-refractivity contribution in [3.8, 4) is 33.4 Å². The van der Waals surface area contributed by atoms with E-state index in [0.29, 0.717) is 0 Å². The summed E-state index contributed by atoms with van der Waals surface area (Å²) in [4.78, 5) is 0. The van der Waals surface area contributed by atoms with Crippen molar-refractivity contribution in [1.82, 2.24) is 0 Å². The van der Waals surface area contributed by atoms with E-state index in [-0.39, 0.29) is 5.41 Å². The third kappa shape index (κ3) is 2.82. The molecule has 0 spiro atoms. The monoisotopic (exact) mass is 439 g/mol. The third-order valence-electron chi connectivity index (χ3n) is 6.10. The Morgan fingerprint density at radius 2 is 1.24 bits per heavy atom. The van der Waals surface area contributed by atoms with Crippen LogP contribution in [0.1, 0.15) is 25.0 Å². The largest absolute Gasteiger partial charge is 0.398 e. The smallest absolute Gasteiger partial charge is 0.0397 e. The minimum absolute atomic E-state index is 0.0823. The van der Waals surface area contributed by atoms with Crippen LogP contribution in [0.15, 0.2) is 89.4 Å². The van der Waals surface area contributed by atoms with E-state index in [1.165, 1.54) is 38.9 Å². The van der Waals surface area contributed by atoms with Crippen LogP contribution in [0, 0.1) is 0 Å². The second-order valence-electron chi connectivity index (χ2n) is 8.21. The molecule has 4 aromatic rings. The zero-order valence-electron chi connectivity index (χ0n) is 16.5. The van der Waals surface area contributed by atoms with Gasteiger partial charge in [0.1, 0.15) is 0 Å². The highest BCUT2D eigenvalue weighted by molar-refractivity contribution is 9.10. The summed E-state index contributed by atoms with van der Waals surface area (Å²) in [6, 6.07) is 30.1.